The number of rotatable bonds is 8. The van der Waals surface area contributed by atoms with Crippen molar-refractivity contribution >= 4 is 0 Å². The highest BCUT2D eigenvalue weighted by atomic mass is 15.0. The molecule has 0 aliphatic heterocycles. The van der Waals surface area contributed by atoms with Crippen LogP contribution in [0.5, 0.6) is 0 Å². The maximum Gasteiger partial charge on any atom is 0.109 e. The van der Waals surface area contributed by atoms with Gasteiger partial charge in [0, 0.05) is 17.0 Å². The summed E-state index contributed by atoms with van der Waals surface area (Å²) in [6.07, 6.45) is 6.02. The highest BCUT2D eigenvalue weighted by molar-refractivity contribution is 5.27. The van der Waals surface area contributed by atoms with E-state index in [0.717, 1.165) is 6.42 Å². The monoisotopic (exact) mass is 278 g/mol. The van der Waals surface area contributed by atoms with Gasteiger partial charge in [-0.05, 0) is 25.2 Å². The molecule has 0 aromatic carbocycles. The summed E-state index contributed by atoms with van der Waals surface area (Å²) < 4.78 is 0. The molecule has 116 valence electrons. The number of hydrogen-bond donors (Lipinski definition) is 1. The fourth-order valence-corrected chi connectivity index (χ4v) is 2.83. The van der Waals surface area contributed by atoms with E-state index in [9.17, 15) is 0 Å². The van der Waals surface area contributed by atoms with Gasteiger partial charge in [0.25, 0.3) is 0 Å². The second-order valence-corrected chi connectivity index (χ2v) is 7.00. The average molecular weight is 278 g/mol. The molecule has 2 unspecified atom stereocenters. The Morgan fingerprint density at radius 3 is 2.05 bits per heavy atom. The van der Waals surface area contributed by atoms with Crippen LogP contribution in [0.4, 0.5) is 0 Å². The number of aromatic nitrogens is 2. The van der Waals surface area contributed by atoms with Gasteiger partial charge in [-0.15, -0.1) is 0 Å². The molecule has 1 rings (SSSR count). The number of nitrogens with zero attached hydrogens (tertiary/aromatic N) is 1. The zero-order valence-corrected chi connectivity index (χ0v) is 14.6. The second-order valence-electron chi connectivity index (χ2n) is 7.00. The summed E-state index contributed by atoms with van der Waals surface area (Å²) in [5, 5.41) is 0. The summed E-state index contributed by atoms with van der Waals surface area (Å²) in [6, 6.07) is 0. The SMILES string of the molecule is CCCC(C)c1nc(C(C)(C)CC)c(C(C)CCC)[nH]1. The van der Waals surface area contributed by atoms with Crippen LogP contribution in [-0.2, 0) is 5.41 Å². The van der Waals surface area contributed by atoms with E-state index in [1.54, 1.807) is 0 Å². The summed E-state index contributed by atoms with van der Waals surface area (Å²) in [4.78, 5) is 8.70. The quantitative estimate of drug-likeness (QED) is 0.629. The minimum atomic E-state index is 0.165. The van der Waals surface area contributed by atoms with Gasteiger partial charge in [0.2, 0.25) is 0 Å². The van der Waals surface area contributed by atoms with E-state index in [1.165, 1.54) is 42.9 Å². The maximum atomic E-state index is 5.02. The zero-order valence-electron chi connectivity index (χ0n) is 14.6. The first-order chi connectivity index (χ1) is 9.37. The van der Waals surface area contributed by atoms with Crippen LogP contribution in [0.25, 0.3) is 0 Å². The van der Waals surface area contributed by atoms with Crippen molar-refractivity contribution in [2.24, 2.45) is 0 Å². The smallest absolute Gasteiger partial charge is 0.109 e. The van der Waals surface area contributed by atoms with Gasteiger partial charge in [0.05, 0.1) is 5.69 Å². The molecular formula is C18H34N2. The summed E-state index contributed by atoms with van der Waals surface area (Å²) in [6.45, 7) is 16.0. The molecule has 2 heteroatoms. The predicted octanol–water partition coefficient (Wildman–Crippen LogP) is 5.90. The normalized spacial score (nSPS) is 15.3. The highest BCUT2D eigenvalue weighted by Crippen LogP contribution is 2.35. The van der Waals surface area contributed by atoms with Crippen LogP contribution in [0.15, 0.2) is 0 Å². The fraction of sp³-hybridized carbons (Fsp3) is 0.833. The molecule has 1 aromatic rings. The van der Waals surface area contributed by atoms with Crippen molar-refractivity contribution in [3.63, 3.8) is 0 Å². The molecule has 0 saturated carbocycles. The molecule has 0 fully saturated rings. The van der Waals surface area contributed by atoms with Crippen molar-refractivity contribution in [3.05, 3.63) is 17.2 Å². The van der Waals surface area contributed by atoms with Gasteiger partial charge in [-0.2, -0.15) is 0 Å². The summed E-state index contributed by atoms with van der Waals surface area (Å²) in [7, 11) is 0. The molecule has 0 aliphatic carbocycles. The fourth-order valence-electron chi connectivity index (χ4n) is 2.83. The van der Waals surface area contributed by atoms with Crippen LogP contribution in [0.3, 0.4) is 0 Å². The minimum Gasteiger partial charge on any atom is -0.345 e. The Balaban J connectivity index is 3.18. The molecule has 20 heavy (non-hydrogen) atoms. The number of imidazole rings is 1. The number of H-pyrrole nitrogens is 1. The Morgan fingerprint density at radius 2 is 1.55 bits per heavy atom. The van der Waals surface area contributed by atoms with E-state index >= 15 is 0 Å². The molecule has 2 nitrogen and oxygen atoms in total. The summed E-state index contributed by atoms with van der Waals surface area (Å²) in [5.74, 6) is 2.31. The molecule has 1 heterocycles. The molecule has 1 aromatic heterocycles. The van der Waals surface area contributed by atoms with Crippen LogP contribution >= 0.6 is 0 Å². The highest BCUT2D eigenvalue weighted by Gasteiger charge is 2.28. The van der Waals surface area contributed by atoms with E-state index in [0.29, 0.717) is 11.8 Å². The Hall–Kier alpha value is -0.790. The molecule has 0 bridgehead atoms. The van der Waals surface area contributed by atoms with Crippen LogP contribution in [0.1, 0.15) is 110 Å². The van der Waals surface area contributed by atoms with Crippen molar-refractivity contribution in [1.29, 1.82) is 0 Å². The third-order valence-corrected chi connectivity index (χ3v) is 4.68. The van der Waals surface area contributed by atoms with Crippen molar-refractivity contribution < 1.29 is 0 Å². The van der Waals surface area contributed by atoms with Crippen LogP contribution in [0, 0.1) is 0 Å². The first kappa shape index (κ1) is 17.3. The van der Waals surface area contributed by atoms with Gasteiger partial charge in [-0.25, -0.2) is 4.98 Å². The lowest BCUT2D eigenvalue weighted by Crippen LogP contribution is -2.19. The standard InChI is InChI=1S/C18H34N2/c1-8-11-13(4)15-16(18(6,7)10-3)20-17(19-15)14(5)12-9-2/h13-14H,8-12H2,1-7H3,(H,19,20). The molecule has 0 radical (unpaired) electrons. The van der Waals surface area contributed by atoms with Crippen molar-refractivity contribution in [1.82, 2.24) is 9.97 Å². The first-order valence-corrected chi connectivity index (χ1v) is 8.47. The molecule has 0 saturated heterocycles. The third-order valence-electron chi connectivity index (χ3n) is 4.68. The molecule has 1 N–H and O–H groups in total. The number of hydrogen-bond acceptors (Lipinski definition) is 1. The van der Waals surface area contributed by atoms with E-state index < -0.39 is 0 Å². The Bertz CT molecular complexity index is 404. The lowest BCUT2D eigenvalue weighted by Gasteiger charge is -2.23. The molecule has 0 amide bonds. The van der Waals surface area contributed by atoms with Gasteiger partial charge in [-0.3, -0.25) is 0 Å². The van der Waals surface area contributed by atoms with Crippen LogP contribution in [0.2, 0.25) is 0 Å². The van der Waals surface area contributed by atoms with Crippen LogP contribution in [-0.4, -0.2) is 9.97 Å². The number of nitrogens with one attached hydrogen (secondary N) is 1. The average Bonchev–Trinajstić information content (AvgIpc) is 2.85. The first-order valence-electron chi connectivity index (χ1n) is 8.47. The second kappa shape index (κ2) is 7.28. The lowest BCUT2D eigenvalue weighted by atomic mass is 9.82. The van der Waals surface area contributed by atoms with Gasteiger partial charge in [0.1, 0.15) is 5.82 Å². The van der Waals surface area contributed by atoms with E-state index in [2.05, 4.69) is 53.5 Å². The topological polar surface area (TPSA) is 28.7 Å². The van der Waals surface area contributed by atoms with Crippen molar-refractivity contribution in [2.75, 3.05) is 0 Å². The molecule has 0 aliphatic rings. The van der Waals surface area contributed by atoms with Crippen LogP contribution < -0.4 is 0 Å². The van der Waals surface area contributed by atoms with Crippen molar-refractivity contribution in [3.8, 4) is 0 Å². The largest absolute Gasteiger partial charge is 0.345 e. The number of aromatic amines is 1. The maximum absolute atomic E-state index is 5.02. The van der Waals surface area contributed by atoms with E-state index in [-0.39, 0.29) is 5.41 Å². The Morgan fingerprint density at radius 1 is 1.00 bits per heavy atom. The van der Waals surface area contributed by atoms with Gasteiger partial charge < -0.3 is 4.98 Å². The van der Waals surface area contributed by atoms with Gasteiger partial charge >= 0.3 is 0 Å². The van der Waals surface area contributed by atoms with E-state index in [4.69, 9.17) is 4.98 Å². The van der Waals surface area contributed by atoms with Gasteiger partial charge in [0.15, 0.2) is 0 Å². The molecule has 2 atom stereocenters. The lowest BCUT2D eigenvalue weighted by molar-refractivity contribution is 0.478. The molecule has 0 spiro atoms. The Kier molecular flexibility index (Phi) is 6.29. The third kappa shape index (κ3) is 3.86. The minimum absolute atomic E-state index is 0.165. The summed E-state index contributed by atoms with van der Waals surface area (Å²) >= 11 is 0. The zero-order chi connectivity index (χ0) is 15.3. The van der Waals surface area contributed by atoms with Gasteiger partial charge in [-0.1, -0.05) is 61.3 Å². The summed E-state index contributed by atoms with van der Waals surface area (Å²) in [5.41, 5.74) is 2.86. The van der Waals surface area contributed by atoms with E-state index in [1.807, 2.05) is 0 Å². The Labute approximate surface area is 125 Å². The van der Waals surface area contributed by atoms with Crippen molar-refractivity contribution in [2.45, 2.75) is 97.8 Å². The molecular weight excluding hydrogens is 244 g/mol. The predicted molar refractivity (Wildman–Crippen MR) is 88.6 cm³/mol.